The third kappa shape index (κ3) is 4.32. The number of nitrogens with one attached hydrogen (secondary N) is 1. The van der Waals surface area contributed by atoms with Crippen LogP contribution in [0.3, 0.4) is 0 Å². The number of aryl methyl sites for hydroxylation is 2. The number of anilines is 2. The highest BCUT2D eigenvalue weighted by atomic mass is 16.6. The molecule has 1 amide bonds. The van der Waals surface area contributed by atoms with Crippen LogP contribution in [-0.2, 0) is 0 Å². The average molecular weight is 459 g/mol. The van der Waals surface area contributed by atoms with Gasteiger partial charge in [0.2, 0.25) is 0 Å². The molecule has 4 aromatic rings. The number of nitrogens with zero attached hydrogens (tertiary/aromatic N) is 5. The number of aromatic nitrogens is 3. The van der Waals surface area contributed by atoms with Crippen molar-refractivity contribution in [1.29, 1.82) is 0 Å². The van der Waals surface area contributed by atoms with Gasteiger partial charge < -0.3 is 10.2 Å². The largest absolute Gasteiger partial charge is 0.372 e. The maximum absolute atomic E-state index is 12.8. The van der Waals surface area contributed by atoms with Crippen molar-refractivity contribution in [2.45, 2.75) is 27.7 Å². The van der Waals surface area contributed by atoms with E-state index < -0.39 is 10.8 Å². The van der Waals surface area contributed by atoms with Gasteiger partial charge in [-0.15, -0.1) is 10.2 Å². The summed E-state index contributed by atoms with van der Waals surface area (Å²) in [6, 6.07) is 15.6. The fourth-order valence-corrected chi connectivity index (χ4v) is 3.97. The van der Waals surface area contributed by atoms with Crippen LogP contribution in [-0.4, -0.2) is 38.9 Å². The van der Waals surface area contributed by atoms with Crippen molar-refractivity contribution in [2.24, 2.45) is 0 Å². The third-order valence-electron chi connectivity index (χ3n) is 5.84. The fourth-order valence-electron chi connectivity index (χ4n) is 3.97. The Morgan fingerprint density at radius 2 is 1.68 bits per heavy atom. The Kier molecular flexibility index (Phi) is 6.27. The van der Waals surface area contributed by atoms with Gasteiger partial charge >= 0.3 is 0 Å². The maximum Gasteiger partial charge on any atom is 0.282 e. The van der Waals surface area contributed by atoms with E-state index in [2.05, 4.69) is 46.4 Å². The second-order valence-corrected chi connectivity index (χ2v) is 8.02. The molecule has 9 nitrogen and oxygen atoms in total. The van der Waals surface area contributed by atoms with Gasteiger partial charge in [0.05, 0.1) is 10.6 Å². The molecule has 0 unspecified atom stereocenters. The van der Waals surface area contributed by atoms with Gasteiger partial charge in [0.1, 0.15) is 16.6 Å². The quantitative estimate of drug-likeness (QED) is 0.307. The lowest BCUT2D eigenvalue weighted by atomic mass is 10.1. The van der Waals surface area contributed by atoms with E-state index in [0.717, 1.165) is 35.6 Å². The lowest BCUT2D eigenvalue weighted by Crippen LogP contribution is -2.21. The van der Waals surface area contributed by atoms with Crippen LogP contribution in [0.4, 0.5) is 17.1 Å². The molecule has 1 N–H and O–H groups in total. The molecule has 0 spiro atoms. The molecule has 4 rings (SSSR count). The molecule has 9 heteroatoms. The van der Waals surface area contributed by atoms with Gasteiger partial charge in [0.25, 0.3) is 11.6 Å². The van der Waals surface area contributed by atoms with Crippen LogP contribution in [0.25, 0.3) is 16.7 Å². The summed E-state index contributed by atoms with van der Waals surface area (Å²) in [4.78, 5) is 27.4. The van der Waals surface area contributed by atoms with Crippen LogP contribution in [0, 0.1) is 24.0 Å². The molecule has 1 aromatic heterocycles. The van der Waals surface area contributed by atoms with E-state index >= 15 is 0 Å². The molecule has 0 atom stereocenters. The summed E-state index contributed by atoms with van der Waals surface area (Å²) in [6.45, 7) is 9.99. The van der Waals surface area contributed by atoms with E-state index in [1.165, 1.54) is 18.2 Å². The molecule has 3 aromatic carbocycles. The molecule has 34 heavy (non-hydrogen) atoms. The summed E-state index contributed by atoms with van der Waals surface area (Å²) >= 11 is 0. The molecule has 0 saturated heterocycles. The Hall–Kier alpha value is -4.27. The monoisotopic (exact) mass is 458 g/mol. The van der Waals surface area contributed by atoms with Gasteiger partial charge in [-0.05, 0) is 75.2 Å². The molecule has 0 radical (unpaired) electrons. The van der Waals surface area contributed by atoms with Gasteiger partial charge in [0, 0.05) is 30.5 Å². The number of nitro benzene ring substituents is 1. The van der Waals surface area contributed by atoms with E-state index in [-0.39, 0.29) is 11.3 Å². The molecular weight excluding hydrogens is 432 g/mol. The van der Waals surface area contributed by atoms with Crippen LogP contribution in [0.15, 0.2) is 54.6 Å². The summed E-state index contributed by atoms with van der Waals surface area (Å²) in [6.07, 6.45) is 0. The topological polar surface area (TPSA) is 106 Å². The van der Waals surface area contributed by atoms with Crippen molar-refractivity contribution < 1.29 is 9.72 Å². The number of hydrogen-bond acceptors (Lipinski definition) is 6. The highest BCUT2D eigenvalue weighted by Crippen LogP contribution is 2.26. The first kappa shape index (κ1) is 22.9. The first-order valence-electron chi connectivity index (χ1n) is 11.1. The van der Waals surface area contributed by atoms with Crippen LogP contribution >= 0.6 is 0 Å². The zero-order valence-corrected chi connectivity index (χ0v) is 19.6. The number of nitro groups is 1. The zero-order chi connectivity index (χ0) is 24.4. The molecule has 174 valence electrons. The maximum atomic E-state index is 12.8. The lowest BCUT2D eigenvalue weighted by Gasteiger charge is -2.22. The molecule has 0 aliphatic heterocycles. The summed E-state index contributed by atoms with van der Waals surface area (Å²) in [5.74, 6) is -0.551. The van der Waals surface area contributed by atoms with Crippen LogP contribution in [0.2, 0.25) is 0 Å². The Labute approximate surface area is 197 Å². The second kappa shape index (κ2) is 9.30. The molecule has 0 bridgehead atoms. The Balaban J connectivity index is 1.66. The molecule has 0 fully saturated rings. The summed E-state index contributed by atoms with van der Waals surface area (Å²) < 4.78 is 0. The number of amides is 1. The molecule has 0 aliphatic carbocycles. The van der Waals surface area contributed by atoms with Crippen LogP contribution < -0.4 is 10.2 Å². The molecule has 1 heterocycles. The van der Waals surface area contributed by atoms with E-state index in [1.54, 1.807) is 16.9 Å². The average Bonchev–Trinajstić information content (AvgIpc) is 3.22. The number of hydrogen-bond donors (Lipinski definition) is 1. The summed E-state index contributed by atoms with van der Waals surface area (Å²) in [7, 11) is 0. The fraction of sp³-hybridized carbons (Fsp3) is 0.240. The first-order chi connectivity index (χ1) is 16.3. The minimum atomic E-state index is -0.565. The van der Waals surface area contributed by atoms with Crippen LogP contribution in [0.1, 0.15) is 35.3 Å². The van der Waals surface area contributed by atoms with Crippen molar-refractivity contribution >= 4 is 34.0 Å². The minimum absolute atomic E-state index is 0.000400. The van der Waals surface area contributed by atoms with Gasteiger partial charge in [0.15, 0.2) is 0 Å². The highest BCUT2D eigenvalue weighted by Gasteiger charge is 2.20. The van der Waals surface area contributed by atoms with Crippen molar-refractivity contribution in [3.05, 3.63) is 81.4 Å². The summed E-state index contributed by atoms with van der Waals surface area (Å²) in [5, 5.41) is 23.3. The summed E-state index contributed by atoms with van der Waals surface area (Å²) in [5.41, 5.74) is 5.42. The smallest absolute Gasteiger partial charge is 0.282 e. The Bertz CT molecular complexity index is 1390. The van der Waals surface area contributed by atoms with Crippen molar-refractivity contribution in [2.75, 3.05) is 23.3 Å². The number of rotatable bonds is 7. The molecule has 0 aliphatic rings. The molecular formula is C25H26N6O3. The number of para-hydroxylation sites is 1. The minimum Gasteiger partial charge on any atom is -0.372 e. The van der Waals surface area contributed by atoms with Crippen molar-refractivity contribution in [3.8, 4) is 5.69 Å². The van der Waals surface area contributed by atoms with E-state index in [1.807, 2.05) is 26.0 Å². The number of benzene rings is 3. The lowest BCUT2D eigenvalue weighted by molar-refractivity contribution is -0.385. The highest BCUT2D eigenvalue weighted by molar-refractivity contribution is 6.08. The standard InChI is InChI=1S/C25H26N6O3/c1-5-29(6-2)18-11-12-23(17(4)13-18)30-27-21-14-16(3)20(15-22(21)28-30)26-25(32)19-9-7-8-10-24(19)31(33)34/h7-15H,5-6H2,1-4H3,(H,26,32). The van der Waals surface area contributed by atoms with Crippen LogP contribution in [0.5, 0.6) is 0 Å². The van der Waals surface area contributed by atoms with Gasteiger partial charge in [-0.25, -0.2) is 0 Å². The van der Waals surface area contributed by atoms with Crippen molar-refractivity contribution in [3.63, 3.8) is 0 Å². The van der Waals surface area contributed by atoms with Gasteiger partial charge in [-0.2, -0.15) is 4.80 Å². The molecule has 0 saturated carbocycles. The van der Waals surface area contributed by atoms with Gasteiger partial charge in [-0.3, -0.25) is 14.9 Å². The van der Waals surface area contributed by atoms with Crippen molar-refractivity contribution in [1.82, 2.24) is 15.0 Å². The SMILES string of the molecule is CCN(CC)c1ccc(-n2nc3cc(C)c(NC(=O)c4ccccc4[N+](=O)[O-])cc3n2)c(C)c1. The van der Waals surface area contributed by atoms with E-state index in [0.29, 0.717) is 16.7 Å². The first-order valence-corrected chi connectivity index (χ1v) is 11.1. The van der Waals surface area contributed by atoms with Gasteiger partial charge in [-0.1, -0.05) is 12.1 Å². The Morgan fingerprint density at radius 3 is 2.32 bits per heavy atom. The normalized spacial score (nSPS) is 10.9. The predicted octanol–water partition coefficient (Wildman–Crippen LogP) is 5.04. The number of carbonyl (C=O) groups is 1. The predicted molar refractivity (Wildman–Crippen MR) is 133 cm³/mol. The van der Waals surface area contributed by atoms with E-state index in [4.69, 9.17) is 0 Å². The van der Waals surface area contributed by atoms with E-state index in [9.17, 15) is 14.9 Å². The third-order valence-corrected chi connectivity index (χ3v) is 5.84. The number of fused-ring (bicyclic) bond motifs is 1. The number of carbonyl (C=O) groups excluding carboxylic acids is 1. The Morgan fingerprint density at radius 1 is 1.00 bits per heavy atom. The zero-order valence-electron chi connectivity index (χ0n) is 19.6. The second-order valence-electron chi connectivity index (χ2n) is 8.02.